The van der Waals surface area contributed by atoms with Gasteiger partial charge in [-0.1, -0.05) is 25.5 Å². The van der Waals surface area contributed by atoms with Crippen LogP contribution < -0.4 is 4.74 Å². The highest BCUT2D eigenvalue weighted by atomic mass is 19.3. The van der Waals surface area contributed by atoms with E-state index in [0.717, 1.165) is 30.5 Å². The van der Waals surface area contributed by atoms with Crippen molar-refractivity contribution in [3.63, 3.8) is 0 Å². The van der Waals surface area contributed by atoms with Crippen molar-refractivity contribution in [3.05, 3.63) is 107 Å². The van der Waals surface area contributed by atoms with Crippen LogP contribution in [0.4, 0.5) is 35.1 Å². The summed E-state index contributed by atoms with van der Waals surface area (Å²) in [5.41, 5.74) is -0.678. The molecule has 0 bridgehead atoms. The molecule has 0 N–H and O–H groups in total. The van der Waals surface area contributed by atoms with Crippen LogP contribution in [0, 0.1) is 34.9 Å². The van der Waals surface area contributed by atoms with E-state index in [9.17, 15) is 35.1 Å². The van der Waals surface area contributed by atoms with Gasteiger partial charge < -0.3 is 4.74 Å². The van der Waals surface area contributed by atoms with Crippen LogP contribution in [-0.4, -0.2) is 16.1 Å². The van der Waals surface area contributed by atoms with Gasteiger partial charge in [0.2, 0.25) is 0 Å². The van der Waals surface area contributed by atoms with Crippen molar-refractivity contribution in [1.82, 2.24) is 9.97 Å². The molecule has 0 amide bonds. The largest absolute Gasteiger partial charge is 0.429 e. The van der Waals surface area contributed by atoms with Gasteiger partial charge in [-0.15, -0.1) is 0 Å². The number of aryl methyl sites for hydroxylation is 1. The predicted octanol–water partition coefficient (Wildman–Crippen LogP) is 8.28. The number of hydrogen-bond donors (Lipinski definition) is 0. The van der Waals surface area contributed by atoms with Crippen molar-refractivity contribution in [3.8, 4) is 28.3 Å². The van der Waals surface area contributed by atoms with Crippen LogP contribution in [-0.2, 0) is 6.42 Å². The second-order valence-corrected chi connectivity index (χ2v) is 8.41. The minimum Gasteiger partial charge on any atom is -0.429 e. The van der Waals surface area contributed by atoms with Crippen molar-refractivity contribution >= 4 is 6.08 Å². The molecule has 1 heterocycles. The molecule has 0 aliphatic rings. The third kappa shape index (κ3) is 6.42. The molecule has 0 atom stereocenters. The van der Waals surface area contributed by atoms with Crippen LogP contribution in [0.3, 0.4) is 0 Å². The number of nitrogens with zero attached hydrogens (tertiary/aromatic N) is 2. The molecule has 4 aromatic rings. The van der Waals surface area contributed by atoms with Crippen molar-refractivity contribution in [2.24, 2.45) is 0 Å². The van der Waals surface area contributed by atoms with Gasteiger partial charge in [-0.3, -0.25) is 0 Å². The van der Waals surface area contributed by atoms with Gasteiger partial charge in [0.15, 0.2) is 23.3 Å². The summed E-state index contributed by atoms with van der Waals surface area (Å²) in [5.74, 6) is -9.81. The summed E-state index contributed by atoms with van der Waals surface area (Å²) in [6, 6.07) is 5.15. The fourth-order valence-corrected chi connectivity index (χ4v) is 3.69. The molecule has 0 aliphatic carbocycles. The van der Waals surface area contributed by atoms with Gasteiger partial charge in [0.05, 0.1) is 5.56 Å². The lowest BCUT2D eigenvalue weighted by Gasteiger charge is -2.16. The molecule has 1 aromatic heterocycles. The maximum atomic E-state index is 14.6. The second kappa shape index (κ2) is 11.2. The summed E-state index contributed by atoms with van der Waals surface area (Å²) < 4.78 is 117. The lowest BCUT2D eigenvalue weighted by Crippen LogP contribution is -2.21. The predicted molar refractivity (Wildman–Crippen MR) is 128 cm³/mol. The van der Waals surface area contributed by atoms with Crippen LogP contribution in [0.5, 0.6) is 5.75 Å². The van der Waals surface area contributed by atoms with Crippen LogP contribution >= 0.6 is 0 Å². The summed E-state index contributed by atoms with van der Waals surface area (Å²) in [6.07, 6.45) is 1.67. The van der Waals surface area contributed by atoms with Crippen molar-refractivity contribution in [2.75, 3.05) is 0 Å². The zero-order valence-corrected chi connectivity index (χ0v) is 20.1. The van der Waals surface area contributed by atoms with Gasteiger partial charge in [-0.25, -0.2) is 36.3 Å². The summed E-state index contributed by atoms with van der Waals surface area (Å²) in [6.45, 7) is 2.00. The minimum atomic E-state index is -4.14. The molecule has 202 valence electrons. The smallest absolute Gasteiger partial charge is 0.419 e. The Bertz CT molecular complexity index is 1490. The first-order valence-corrected chi connectivity index (χ1v) is 11.5. The van der Waals surface area contributed by atoms with Crippen LogP contribution in [0.25, 0.3) is 28.6 Å². The molecule has 3 nitrogen and oxygen atoms in total. The highest BCUT2D eigenvalue weighted by molar-refractivity contribution is 5.66. The van der Waals surface area contributed by atoms with E-state index in [0.29, 0.717) is 29.8 Å². The van der Waals surface area contributed by atoms with E-state index in [2.05, 4.69) is 14.7 Å². The second-order valence-electron chi connectivity index (χ2n) is 8.41. The van der Waals surface area contributed by atoms with Crippen LogP contribution in [0.1, 0.15) is 24.5 Å². The number of benzene rings is 3. The van der Waals surface area contributed by atoms with Gasteiger partial charge in [-0.05, 0) is 41.8 Å². The Morgan fingerprint density at radius 1 is 0.769 bits per heavy atom. The quantitative estimate of drug-likeness (QED) is 0.164. The number of alkyl halides is 2. The first kappa shape index (κ1) is 27.7. The fourth-order valence-electron chi connectivity index (χ4n) is 3.69. The molecule has 0 unspecified atom stereocenters. The van der Waals surface area contributed by atoms with E-state index < -0.39 is 57.9 Å². The Balaban J connectivity index is 1.51. The molecule has 11 heteroatoms. The maximum absolute atomic E-state index is 14.6. The van der Waals surface area contributed by atoms with Crippen molar-refractivity contribution < 1.29 is 39.9 Å². The van der Waals surface area contributed by atoms with E-state index in [1.807, 2.05) is 6.92 Å². The first-order valence-electron chi connectivity index (χ1n) is 11.5. The van der Waals surface area contributed by atoms with Gasteiger partial charge in [-0.2, -0.15) is 8.78 Å². The van der Waals surface area contributed by atoms with E-state index in [4.69, 9.17) is 0 Å². The Morgan fingerprint density at radius 3 is 1.92 bits per heavy atom. The number of aromatic nitrogens is 2. The van der Waals surface area contributed by atoms with Gasteiger partial charge >= 0.3 is 6.11 Å². The lowest BCUT2D eigenvalue weighted by atomic mass is 10.0. The van der Waals surface area contributed by atoms with Crippen LogP contribution in [0.15, 0.2) is 60.9 Å². The summed E-state index contributed by atoms with van der Waals surface area (Å²) in [4.78, 5) is 8.34. The molecule has 0 spiro atoms. The lowest BCUT2D eigenvalue weighted by molar-refractivity contribution is -0.131. The van der Waals surface area contributed by atoms with E-state index in [1.54, 1.807) is 12.4 Å². The molecule has 0 aliphatic heterocycles. The third-order valence-corrected chi connectivity index (χ3v) is 5.50. The Hall–Kier alpha value is -4.28. The fraction of sp³-hybridized carbons (Fsp3) is 0.143. The Labute approximate surface area is 217 Å². The number of rotatable bonds is 8. The van der Waals surface area contributed by atoms with Gasteiger partial charge in [0.25, 0.3) is 0 Å². The summed E-state index contributed by atoms with van der Waals surface area (Å²) in [5, 5.41) is 0. The highest BCUT2D eigenvalue weighted by Gasteiger charge is 2.29. The van der Waals surface area contributed by atoms with E-state index in [-0.39, 0.29) is 17.5 Å². The molecule has 0 saturated carbocycles. The number of ether oxygens (including phenoxy) is 1. The average Bonchev–Trinajstić information content (AvgIpc) is 2.86. The number of hydrogen-bond acceptors (Lipinski definition) is 3. The van der Waals surface area contributed by atoms with Gasteiger partial charge in [0, 0.05) is 41.7 Å². The zero-order valence-electron chi connectivity index (χ0n) is 20.1. The first-order chi connectivity index (χ1) is 18.5. The van der Waals surface area contributed by atoms with Crippen molar-refractivity contribution in [1.29, 1.82) is 0 Å². The Kier molecular flexibility index (Phi) is 7.98. The molecule has 3 aromatic carbocycles. The standard InChI is InChI=1S/C28H18F8N2O/c1-2-3-15-13-37-27(38-14-15)17-5-4-16(20(29)8-17)6-7-28(35,36)39-19-11-21(30)25(22(31)12-19)18-9-23(32)26(34)24(33)10-18/h4-14H,2-3H2,1H3/b7-6+. The highest BCUT2D eigenvalue weighted by Crippen LogP contribution is 2.34. The van der Waals surface area contributed by atoms with Crippen molar-refractivity contribution in [2.45, 2.75) is 25.9 Å². The molecular weight excluding hydrogens is 532 g/mol. The average molecular weight is 550 g/mol. The SMILES string of the molecule is CCCc1cnc(-c2ccc(/C=C/C(F)(F)Oc3cc(F)c(-c4cc(F)c(F)c(F)c4)c(F)c3)c(F)c2)nc1. The summed E-state index contributed by atoms with van der Waals surface area (Å²) in [7, 11) is 0. The molecule has 39 heavy (non-hydrogen) atoms. The summed E-state index contributed by atoms with van der Waals surface area (Å²) >= 11 is 0. The van der Waals surface area contributed by atoms with E-state index >= 15 is 0 Å². The Morgan fingerprint density at radius 2 is 1.36 bits per heavy atom. The number of halogens is 8. The molecule has 4 rings (SSSR count). The van der Waals surface area contributed by atoms with E-state index in [1.165, 1.54) is 12.1 Å². The molecule has 0 saturated heterocycles. The molecular formula is C28H18F8N2O. The van der Waals surface area contributed by atoms with Gasteiger partial charge in [0.1, 0.15) is 23.2 Å². The zero-order chi connectivity index (χ0) is 28.3. The normalized spacial score (nSPS) is 11.8. The topological polar surface area (TPSA) is 35.0 Å². The monoisotopic (exact) mass is 550 g/mol. The minimum absolute atomic E-state index is 0.176. The van der Waals surface area contributed by atoms with Crippen LogP contribution in [0.2, 0.25) is 0 Å². The maximum Gasteiger partial charge on any atom is 0.419 e. The molecule has 0 fully saturated rings. The third-order valence-electron chi connectivity index (χ3n) is 5.50. The molecule has 0 radical (unpaired) electrons.